The van der Waals surface area contributed by atoms with E-state index < -0.39 is 0 Å². The van der Waals surface area contributed by atoms with Gasteiger partial charge in [-0.05, 0) is 36.2 Å². The fraction of sp³-hybridized carbons (Fsp3) is 0.176. The van der Waals surface area contributed by atoms with Gasteiger partial charge in [0.05, 0.1) is 5.38 Å². The van der Waals surface area contributed by atoms with Crippen molar-refractivity contribution in [1.82, 2.24) is 0 Å². The van der Waals surface area contributed by atoms with Crippen molar-refractivity contribution in [1.29, 1.82) is 0 Å². The van der Waals surface area contributed by atoms with Gasteiger partial charge >= 0.3 is 0 Å². The lowest BCUT2D eigenvalue weighted by Gasteiger charge is -2.08. The summed E-state index contributed by atoms with van der Waals surface area (Å²) in [7, 11) is 0. The molecule has 0 N–H and O–H groups in total. The molecule has 0 fully saturated rings. The summed E-state index contributed by atoms with van der Waals surface area (Å²) in [5, 5.41) is 1.77. The van der Waals surface area contributed by atoms with Gasteiger partial charge in [0.25, 0.3) is 0 Å². The van der Waals surface area contributed by atoms with Crippen LogP contribution in [-0.4, -0.2) is 0 Å². The third-order valence-electron chi connectivity index (χ3n) is 3.33. The molecule has 0 bridgehead atoms. The van der Waals surface area contributed by atoms with Gasteiger partial charge in [-0.25, -0.2) is 0 Å². The van der Waals surface area contributed by atoms with Gasteiger partial charge in [0.15, 0.2) is 0 Å². The van der Waals surface area contributed by atoms with Crippen LogP contribution >= 0.6 is 23.2 Å². The van der Waals surface area contributed by atoms with Gasteiger partial charge in [0.1, 0.15) is 11.3 Å². The summed E-state index contributed by atoms with van der Waals surface area (Å²) in [6.45, 7) is 0. The Balaban J connectivity index is 1.71. The Morgan fingerprint density at radius 1 is 1.00 bits per heavy atom. The lowest BCUT2D eigenvalue weighted by molar-refractivity contribution is 0.536. The minimum atomic E-state index is 0.00741. The smallest absolute Gasteiger partial charge is 0.134 e. The molecule has 102 valence electrons. The van der Waals surface area contributed by atoms with E-state index in [-0.39, 0.29) is 5.38 Å². The SMILES string of the molecule is Clc1ccc2oc(CCC(Cl)c3ccccc3)cc2c1. The number of halogens is 2. The molecular weight excluding hydrogens is 291 g/mol. The van der Waals surface area contributed by atoms with Crippen LogP contribution in [0.1, 0.15) is 23.1 Å². The van der Waals surface area contributed by atoms with Crippen LogP contribution in [0.15, 0.2) is 59.0 Å². The topological polar surface area (TPSA) is 13.1 Å². The van der Waals surface area contributed by atoms with E-state index in [0.717, 1.165) is 40.2 Å². The number of aryl methyl sites for hydroxylation is 1. The monoisotopic (exact) mass is 304 g/mol. The Labute approximate surface area is 128 Å². The fourth-order valence-electron chi connectivity index (χ4n) is 2.29. The Morgan fingerprint density at radius 3 is 2.60 bits per heavy atom. The first-order chi connectivity index (χ1) is 9.72. The first-order valence-corrected chi connectivity index (χ1v) is 7.41. The van der Waals surface area contributed by atoms with E-state index in [1.165, 1.54) is 0 Å². The molecule has 0 aliphatic heterocycles. The second-order valence-electron chi connectivity index (χ2n) is 4.81. The summed E-state index contributed by atoms with van der Waals surface area (Å²) in [6.07, 6.45) is 1.66. The van der Waals surface area contributed by atoms with E-state index in [1.54, 1.807) is 0 Å². The highest BCUT2D eigenvalue weighted by molar-refractivity contribution is 6.31. The number of hydrogen-bond donors (Lipinski definition) is 0. The number of rotatable bonds is 4. The molecule has 0 radical (unpaired) electrons. The second-order valence-corrected chi connectivity index (χ2v) is 5.78. The lowest BCUT2D eigenvalue weighted by atomic mass is 10.1. The highest BCUT2D eigenvalue weighted by Crippen LogP contribution is 2.28. The van der Waals surface area contributed by atoms with Crippen molar-refractivity contribution in [3.8, 4) is 0 Å². The summed E-state index contributed by atoms with van der Waals surface area (Å²) in [5.41, 5.74) is 2.02. The van der Waals surface area contributed by atoms with Gasteiger partial charge in [0.2, 0.25) is 0 Å². The molecule has 1 nitrogen and oxygen atoms in total. The molecule has 3 rings (SSSR count). The van der Waals surface area contributed by atoms with E-state index in [1.807, 2.05) is 42.5 Å². The predicted molar refractivity (Wildman–Crippen MR) is 84.6 cm³/mol. The maximum Gasteiger partial charge on any atom is 0.134 e. The minimum absolute atomic E-state index is 0.00741. The molecular formula is C17H14Cl2O. The molecule has 0 spiro atoms. The van der Waals surface area contributed by atoms with Crippen molar-refractivity contribution in [3.05, 3.63) is 70.9 Å². The number of benzene rings is 2. The van der Waals surface area contributed by atoms with Crippen LogP contribution in [0.25, 0.3) is 11.0 Å². The number of furan rings is 1. The van der Waals surface area contributed by atoms with Crippen LogP contribution in [0, 0.1) is 0 Å². The summed E-state index contributed by atoms with van der Waals surface area (Å²) in [6, 6.07) is 17.8. The van der Waals surface area contributed by atoms with Gasteiger partial charge in [0, 0.05) is 16.8 Å². The molecule has 0 amide bonds. The molecule has 0 aliphatic rings. The maximum absolute atomic E-state index is 6.42. The molecule has 1 aromatic heterocycles. The van der Waals surface area contributed by atoms with E-state index in [4.69, 9.17) is 27.6 Å². The molecule has 0 saturated carbocycles. The van der Waals surface area contributed by atoms with Gasteiger partial charge in [-0.2, -0.15) is 0 Å². The standard InChI is InChI=1S/C17H14Cl2O/c18-14-6-9-17-13(10-14)11-15(20-17)7-8-16(19)12-4-2-1-3-5-12/h1-6,9-11,16H,7-8H2. The lowest BCUT2D eigenvalue weighted by Crippen LogP contribution is -1.92. The predicted octanol–water partition coefficient (Wildman–Crippen LogP) is 6.00. The van der Waals surface area contributed by atoms with Crippen LogP contribution < -0.4 is 0 Å². The van der Waals surface area contributed by atoms with Gasteiger partial charge in [-0.15, -0.1) is 11.6 Å². The van der Waals surface area contributed by atoms with Crippen LogP contribution in [-0.2, 0) is 6.42 Å². The van der Waals surface area contributed by atoms with Crippen molar-refractivity contribution in [2.45, 2.75) is 18.2 Å². The quantitative estimate of drug-likeness (QED) is 0.539. The molecule has 1 unspecified atom stereocenters. The third-order valence-corrected chi connectivity index (χ3v) is 4.04. The molecule has 3 aromatic rings. The van der Waals surface area contributed by atoms with Crippen molar-refractivity contribution in [2.24, 2.45) is 0 Å². The normalized spacial score (nSPS) is 12.7. The summed E-state index contributed by atoms with van der Waals surface area (Å²) in [4.78, 5) is 0. The van der Waals surface area contributed by atoms with Crippen molar-refractivity contribution in [2.75, 3.05) is 0 Å². The van der Waals surface area contributed by atoms with Crippen LogP contribution in [0.2, 0.25) is 5.02 Å². The molecule has 0 aliphatic carbocycles. The molecule has 1 heterocycles. The molecule has 1 atom stereocenters. The van der Waals surface area contributed by atoms with E-state index in [0.29, 0.717) is 0 Å². The Hall–Kier alpha value is -1.44. The largest absolute Gasteiger partial charge is 0.461 e. The van der Waals surface area contributed by atoms with E-state index >= 15 is 0 Å². The average Bonchev–Trinajstić information content (AvgIpc) is 2.87. The Morgan fingerprint density at radius 2 is 1.80 bits per heavy atom. The number of hydrogen-bond acceptors (Lipinski definition) is 1. The van der Waals surface area contributed by atoms with Crippen LogP contribution in [0.4, 0.5) is 0 Å². The minimum Gasteiger partial charge on any atom is -0.461 e. The van der Waals surface area contributed by atoms with Gasteiger partial charge < -0.3 is 4.42 Å². The first kappa shape index (κ1) is 13.5. The van der Waals surface area contributed by atoms with Crippen molar-refractivity contribution in [3.63, 3.8) is 0 Å². The molecule has 20 heavy (non-hydrogen) atoms. The zero-order valence-corrected chi connectivity index (χ0v) is 12.4. The number of fused-ring (bicyclic) bond motifs is 1. The van der Waals surface area contributed by atoms with Crippen LogP contribution in [0.3, 0.4) is 0 Å². The van der Waals surface area contributed by atoms with E-state index in [9.17, 15) is 0 Å². The molecule has 0 saturated heterocycles. The Kier molecular flexibility index (Phi) is 4.00. The van der Waals surface area contributed by atoms with E-state index in [2.05, 4.69) is 12.1 Å². The highest BCUT2D eigenvalue weighted by atomic mass is 35.5. The Bertz CT molecular complexity index is 703. The maximum atomic E-state index is 6.42. The summed E-state index contributed by atoms with van der Waals surface area (Å²) < 4.78 is 5.79. The number of alkyl halides is 1. The first-order valence-electron chi connectivity index (χ1n) is 6.59. The summed E-state index contributed by atoms with van der Waals surface area (Å²) >= 11 is 12.4. The molecule has 3 heteroatoms. The zero-order valence-electron chi connectivity index (χ0n) is 10.9. The van der Waals surface area contributed by atoms with Gasteiger partial charge in [-0.1, -0.05) is 41.9 Å². The summed E-state index contributed by atoms with van der Waals surface area (Å²) in [5.74, 6) is 0.948. The van der Waals surface area contributed by atoms with Gasteiger partial charge in [-0.3, -0.25) is 0 Å². The fourth-order valence-corrected chi connectivity index (χ4v) is 2.73. The zero-order chi connectivity index (χ0) is 13.9. The molecule has 2 aromatic carbocycles. The van der Waals surface area contributed by atoms with Crippen molar-refractivity contribution < 1.29 is 4.42 Å². The van der Waals surface area contributed by atoms with Crippen LogP contribution in [0.5, 0.6) is 0 Å². The second kappa shape index (κ2) is 5.90. The van der Waals surface area contributed by atoms with Crippen molar-refractivity contribution >= 4 is 34.2 Å². The third kappa shape index (κ3) is 3.00. The average molecular weight is 305 g/mol. The highest BCUT2D eigenvalue weighted by Gasteiger charge is 2.10.